The minimum Gasteiger partial charge on any atom is -0.458 e. The van der Waals surface area contributed by atoms with Gasteiger partial charge in [-0.2, -0.15) is 0 Å². The van der Waals surface area contributed by atoms with Crippen LogP contribution in [0.5, 0.6) is 0 Å². The number of hydrogen-bond acceptors (Lipinski definition) is 3. The smallest absolute Gasteiger partial charge is 0.334 e. The van der Waals surface area contributed by atoms with Crippen LogP contribution >= 0.6 is 0 Å². The molecule has 1 heterocycles. The van der Waals surface area contributed by atoms with Gasteiger partial charge in [-0.1, -0.05) is 25.3 Å². The van der Waals surface area contributed by atoms with E-state index in [1.54, 1.807) is 0 Å². The maximum atomic E-state index is 11.8. The number of fused-ring (bicyclic) bond motifs is 2. The Balaban J connectivity index is 1.96. The lowest BCUT2D eigenvalue weighted by atomic mass is 9.83. The van der Waals surface area contributed by atoms with E-state index in [2.05, 4.69) is 19.7 Å². The van der Waals surface area contributed by atoms with Gasteiger partial charge in [0.05, 0.1) is 0 Å². The molecule has 1 saturated heterocycles. The number of carbonyl (C=O) groups is 2. The molecule has 2 aliphatic carbocycles. The van der Waals surface area contributed by atoms with Gasteiger partial charge in [0.1, 0.15) is 6.10 Å². The number of carbonyl (C=O) groups excluding carboxylic acids is 2. The first kappa shape index (κ1) is 11.5. The first-order chi connectivity index (χ1) is 8.49. The van der Waals surface area contributed by atoms with E-state index in [0.717, 1.165) is 12.0 Å². The molecule has 3 nitrogen and oxygen atoms in total. The summed E-state index contributed by atoms with van der Waals surface area (Å²) >= 11 is 0. The third-order valence-electron chi connectivity index (χ3n) is 4.61. The molecular weight excluding hydrogens is 228 g/mol. The first-order valence-corrected chi connectivity index (χ1v) is 6.28. The molecule has 0 aromatic heterocycles. The zero-order valence-corrected chi connectivity index (χ0v) is 10.3. The minimum absolute atomic E-state index is 0.0203. The molecule has 2 saturated carbocycles. The predicted molar refractivity (Wildman–Crippen MR) is 66.6 cm³/mol. The van der Waals surface area contributed by atoms with Crippen molar-refractivity contribution in [1.29, 1.82) is 0 Å². The molecule has 4 atom stereocenters. The topological polar surface area (TPSA) is 43.4 Å². The predicted octanol–water partition coefficient (Wildman–Crippen LogP) is 2.20. The van der Waals surface area contributed by atoms with Crippen molar-refractivity contribution >= 4 is 11.8 Å². The summed E-state index contributed by atoms with van der Waals surface area (Å²) in [5.74, 6) is 0.159. The van der Waals surface area contributed by atoms with Crippen LogP contribution in [-0.4, -0.2) is 17.9 Å². The number of Topliss-reactive ketones (excluding diaryl/α,β-unsaturated/α-hetero) is 1. The van der Waals surface area contributed by atoms with E-state index < -0.39 is 0 Å². The van der Waals surface area contributed by atoms with Crippen molar-refractivity contribution in [2.45, 2.75) is 25.4 Å². The van der Waals surface area contributed by atoms with Gasteiger partial charge in [-0.25, -0.2) is 4.79 Å². The highest BCUT2D eigenvalue weighted by molar-refractivity contribution is 5.98. The van der Waals surface area contributed by atoms with Gasteiger partial charge >= 0.3 is 5.97 Å². The molecule has 1 aliphatic heterocycles. The average Bonchev–Trinajstić information content (AvgIpc) is 2.68. The average molecular weight is 244 g/mol. The van der Waals surface area contributed by atoms with Crippen LogP contribution in [0.15, 0.2) is 36.5 Å². The Kier molecular flexibility index (Phi) is 2.34. The Bertz CT molecular complexity index is 500. The maximum absolute atomic E-state index is 11.8. The summed E-state index contributed by atoms with van der Waals surface area (Å²) in [6, 6.07) is 0. The Labute approximate surface area is 106 Å². The highest BCUT2D eigenvalue weighted by atomic mass is 16.6. The molecule has 3 rings (SSSR count). The van der Waals surface area contributed by atoms with E-state index in [9.17, 15) is 9.59 Å². The van der Waals surface area contributed by atoms with Gasteiger partial charge in [-0.05, 0) is 23.8 Å². The van der Waals surface area contributed by atoms with E-state index in [1.165, 1.54) is 0 Å². The van der Waals surface area contributed by atoms with Crippen LogP contribution in [0, 0.1) is 17.8 Å². The fourth-order valence-corrected chi connectivity index (χ4v) is 3.49. The first-order valence-electron chi connectivity index (χ1n) is 6.28. The summed E-state index contributed by atoms with van der Waals surface area (Å²) in [4.78, 5) is 23.3. The van der Waals surface area contributed by atoms with Gasteiger partial charge in [0.15, 0.2) is 5.78 Å². The molecule has 4 unspecified atom stereocenters. The SMILES string of the molecule is C=C1C(=O)OC2CC(=C)C3CC(=O)C(=C)C3CC12. The standard InChI is InChI=1S/C15H16O3/c1-7-4-14-12(9(3)15(17)18-14)5-11-8(2)13(16)6-10(7)11/h10-12,14H,1-6H2. The lowest BCUT2D eigenvalue weighted by Crippen LogP contribution is -2.17. The van der Waals surface area contributed by atoms with Gasteiger partial charge in [-0.15, -0.1) is 0 Å². The number of hydrogen-bond donors (Lipinski definition) is 0. The second kappa shape index (κ2) is 3.67. The number of ether oxygens (including phenoxy) is 1. The highest BCUT2D eigenvalue weighted by Crippen LogP contribution is 2.49. The summed E-state index contributed by atoms with van der Waals surface area (Å²) in [5, 5.41) is 0. The third-order valence-corrected chi connectivity index (χ3v) is 4.61. The third kappa shape index (κ3) is 1.43. The van der Waals surface area contributed by atoms with Crippen LogP contribution < -0.4 is 0 Å². The molecule has 3 fully saturated rings. The number of allylic oxidation sites excluding steroid dienone is 1. The van der Waals surface area contributed by atoms with Crippen LogP contribution in [0.3, 0.4) is 0 Å². The van der Waals surface area contributed by atoms with Crippen molar-refractivity contribution in [3.63, 3.8) is 0 Å². The molecule has 0 aromatic rings. The van der Waals surface area contributed by atoms with E-state index in [4.69, 9.17) is 4.74 Å². The lowest BCUT2D eigenvalue weighted by Gasteiger charge is -2.19. The summed E-state index contributed by atoms with van der Waals surface area (Å²) in [7, 11) is 0. The van der Waals surface area contributed by atoms with Gasteiger partial charge < -0.3 is 4.74 Å². The van der Waals surface area contributed by atoms with Crippen molar-refractivity contribution < 1.29 is 14.3 Å². The van der Waals surface area contributed by atoms with E-state index >= 15 is 0 Å². The fraction of sp³-hybridized carbons (Fsp3) is 0.467. The van der Waals surface area contributed by atoms with Crippen LogP contribution in [0.25, 0.3) is 0 Å². The lowest BCUT2D eigenvalue weighted by molar-refractivity contribution is -0.139. The molecular formula is C15H16O3. The number of rotatable bonds is 0. The largest absolute Gasteiger partial charge is 0.458 e. The van der Waals surface area contributed by atoms with Gasteiger partial charge in [0.2, 0.25) is 0 Å². The van der Waals surface area contributed by atoms with Crippen LogP contribution in [-0.2, 0) is 14.3 Å². The molecule has 0 aromatic carbocycles. The van der Waals surface area contributed by atoms with Crippen LogP contribution in [0.1, 0.15) is 19.3 Å². The highest BCUT2D eigenvalue weighted by Gasteiger charge is 2.48. The van der Waals surface area contributed by atoms with E-state index in [1.807, 2.05) is 0 Å². The second-order valence-electron chi connectivity index (χ2n) is 5.54. The molecule has 0 spiro atoms. The molecule has 0 bridgehead atoms. The van der Waals surface area contributed by atoms with E-state index in [-0.39, 0.29) is 35.6 Å². The van der Waals surface area contributed by atoms with Crippen molar-refractivity contribution in [1.82, 2.24) is 0 Å². The molecule has 3 aliphatic rings. The van der Waals surface area contributed by atoms with Gasteiger partial charge in [-0.3, -0.25) is 4.79 Å². The van der Waals surface area contributed by atoms with E-state index in [0.29, 0.717) is 24.0 Å². The zero-order chi connectivity index (χ0) is 13.0. The summed E-state index contributed by atoms with van der Waals surface area (Å²) in [5.41, 5.74) is 2.25. The Morgan fingerprint density at radius 1 is 0.944 bits per heavy atom. The van der Waals surface area contributed by atoms with Crippen molar-refractivity contribution in [2.24, 2.45) is 17.8 Å². The Morgan fingerprint density at radius 3 is 2.39 bits per heavy atom. The van der Waals surface area contributed by atoms with Crippen LogP contribution in [0.4, 0.5) is 0 Å². The zero-order valence-electron chi connectivity index (χ0n) is 10.3. The minimum atomic E-state index is -0.300. The maximum Gasteiger partial charge on any atom is 0.334 e. The molecule has 18 heavy (non-hydrogen) atoms. The fourth-order valence-electron chi connectivity index (χ4n) is 3.49. The Morgan fingerprint density at radius 2 is 1.67 bits per heavy atom. The molecule has 0 N–H and O–H groups in total. The second-order valence-corrected chi connectivity index (χ2v) is 5.54. The Hall–Kier alpha value is -1.64. The van der Waals surface area contributed by atoms with Crippen molar-refractivity contribution in [3.05, 3.63) is 36.5 Å². The summed E-state index contributed by atoms with van der Waals surface area (Å²) < 4.78 is 5.34. The monoisotopic (exact) mass is 244 g/mol. The molecule has 0 radical (unpaired) electrons. The summed E-state index contributed by atoms with van der Waals surface area (Å²) in [6.07, 6.45) is 1.77. The summed E-state index contributed by atoms with van der Waals surface area (Å²) in [6.45, 7) is 11.8. The number of ketones is 1. The molecule has 94 valence electrons. The number of esters is 1. The molecule has 0 amide bonds. The van der Waals surface area contributed by atoms with Crippen molar-refractivity contribution in [2.75, 3.05) is 0 Å². The normalized spacial score (nSPS) is 39.4. The van der Waals surface area contributed by atoms with Crippen LogP contribution in [0.2, 0.25) is 0 Å². The van der Waals surface area contributed by atoms with Gasteiger partial charge in [0, 0.05) is 24.3 Å². The molecule has 3 heteroatoms. The van der Waals surface area contributed by atoms with Crippen molar-refractivity contribution in [3.8, 4) is 0 Å². The quantitative estimate of drug-likeness (QED) is 0.373. The van der Waals surface area contributed by atoms with Gasteiger partial charge in [0.25, 0.3) is 0 Å².